The van der Waals surface area contributed by atoms with Crippen molar-refractivity contribution >= 4 is 16.5 Å². The van der Waals surface area contributed by atoms with E-state index in [-0.39, 0.29) is 0 Å². The van der Waals surface area contributed by atoms with Crippen LogP contribution in [-0.4, -0.2) is 31.1 Å². The van der Waals surface area contributed by atoms with Crippen molar-refractivity contribution in [2.45, 2.75) is 6.92 Å². The highest BCUT2D eigenvalue weighted by molar-refractivity contribution is 5.94. The van der Waals surface area contributed by atoms with Crippen LogP contribution in [0.25, 0.3) is 10.8 Å². The molecule has 2 aromatic carbocycles. The van der Waals surface area contributed by atoms with E-state index in [9.17, 15) is 0 Å². The molecule has 18 heavy (non-hydrogen) atoms. The highest BCUT2D eigenvalue weighted by Gasteiger charge is 2.17. The first-order valence-electron chi connectivity index (χ1n) is 6.65. The second kappa shape index (κ2) is 4.99. The standard InChI is InChI=1S/C16H19N2/c1-2-17-10-12-18(13-11-17)16-9-5-7-14-6-3-4-8-15(14)16/h2-9H,10-13H2,1H3. The van der Waals surface area contributed by atoms with Gasteiger partial charge in [-0.15, -0.1) is 0 Å². The number of benzene rings is 2. The molecule has 0 N–H and O–H groups in total. The van der Waals surface area contributed by atoms with Gasteiger partial charge in [-0.2, -0.15) is 0 Å². The molecule has 1 heterocycles. The van der Waals surface area contributed by atoms with E-state index in [0.29, 0.717) is 0 Å². The van der Waals surface area contributed by atoms with Gasteiger partial charge in [-0.05, 0) is 18.4 Å². The summed E-state index contributed by atoms with van der Waals surface area (Å²) in [5.74, 6) is 0. The first kappa shape index (κ1) is 11.5. The minimum absolute atomic E-state index is 1.11. The Morgan fingerprint density at radius 1 is 0.889 bits per heavy atom. The minimum Gasteiger partial charge on any atom is -0.368 e. The Labute approximate surface area is 109 Å². The molecule has 1 radical (unpaired) electrons. The van der Waals surface area contributed by atoms with Gasteiger partial charge in [-0.3, -0.25) is 4.90 Å². The van der Waals surface area contributed by atoms with Crippen molar-refractivity contribution in [2.24, 2.45) is 0 Å². The van der Waals surface area contributed by atoms with E-state index >= 15 is 0 Å². The van der Waals surface area contributed by atoms with Crippen LogP contribution in [-0.2, 0) is 0 Å². The lowest BCUT2D eigenvalue weighted by Gasteiger charge is -2.35. The van der Waals surface area contributed by atoms with Gasteiger partial charge in [0.2, 0.25) is 0 Å². The maximum absolute atomic E-state index is 2.50. The molecule has 0 aromatic heterocycles. The van der Waals surface area contributed by atoms with Crippen molar-refractivity contribution in [1.82, 2.24) is 4.90 Å². The van der Waals surface area contributed by atoms with Crippen LogP contribution in [0.1, 0.15) is 6.92 Å². The fourth-order valence-electron chi connectivity index (χ4n) is 2.71. The smallest absolute Gasteiger partial charge is 0.0446 e. The minimum atomic E-state index is 1.11. The Morgan fingerprint density at radius 2 is 1.61 bits per heavy atom. The first-order chi connectivity index (χ1) is 8.88. The van der Waals surface area contributed by atoms with Crippen LogP contribution in [0.5, 0.6) is 0 Å². The van der Waals surface area contributed by atoms with E-state index in [1.807, 2.05) is 0 Å². The second-order valence-corrected chi connectivity index (χ2v) is 4.78. The molecule has 2 aromatic rings. The van der Waals surface area contributed by atoms with Gasteiger partial charge in [0.25, 0.3) is 0 Å². The van der Waals surface area contributed by atoms with Crippen LogP contribution in [0, 0.1) is 6.54 Å². The first-order valence-corrected chi connectivity index (χ1v) is 6.65. The lowest BCUT2D eigenvalue weighted by Crippen LogP contribution is -2.44. The molecule has 0 spiro atoms. The van der Waals surface area contributed by atoms with Crippen LogP contribution in [0.2, 0.25) is 0 Å². The number of hydrogen-bond acceptors (Lipinski definition) is 2. The molecule has 1 fully saturated rings. The summed E-state index contributed by atoms with van der Waals surface area (Å²) in [5.41, 5.74) is 1.38. The third-order valence-corrected chi connectivity index (χ3v) is 3.79. The second-order valence-electron chi connectivity index (χ2n) is 4.78. The van der Waals surface area contributed by atoms with Gasteiger partial charge in [0.15, 0.2) is 0 Å². The predicted molar refractivity (Wildman–Crippen MR) is 77.7 cm³/mol. The van der Waals surface area contributed by atoms with Gasteiger partial charge in [0, 0.05) is 43.8 Å². The average molecular weight is 239 g/mol. The highest BCUT2D eigenvalue weighted by Crippen LogP contribution is 2.27. The van der Waals surface area contributed by atoms with Crippen LogP contribution in [0.3, 0.4) is 0 Å². The molecule has 1 saturated heterocycles. The van der Waals surface area contributed by atoms with Crippen LogP contribution < -0.4 is 4.90 Å². The number of fused-ring (bicyclic) bond motifs is 1. The number of hydrogen-bond donors (Lipinski definition) is 0. The summed E-state index contributed by atoms with van der Waals surface area (Å²) in [5, 5.41) is 2.70. The van der Waals surface area contributed by atoms with Gasteiger partial charge in [-0.25, -0.2) is 0 Å². The van der Waals surface area contributed by atoms with E-state index in [4.69, 9.17) is 0 Å². The summed E-state index contributed by atoms with van der Waals surface area (Å²) >= 11 is 0. The fourth-order valence-corrected chi connectivity index (χ4v) is 2.71. The molecule has 2 nitrogen and oxygen atoms in total. The zero-order valence-electron chi connectivity index (χ0n) is 10.8. The van der Waals surface area contributed by atoms with Crippen LogP contribution in [0.4, 0.5) is 5.69 Å². The largest absolute Gasteiger partial charge is 0.368 e. The summed E-state index contributed by atoms with van der Waals surface area (Å²) in [6.07, 6.45) is 0. The SMILES string of the molecule is C[CH]N1CCN(c2cccc3ccccc23)CC1. The van der Waals surface area contributed by atoms with Gasteiger partial charge in [-0.1, -0.05) is 36.4 Å². The molecule has 0 saturated carbocycles. The van der Waals surface area contributed by atoms with Gasteiger partial charge >= 0.3 is 0 Å². The normalized spacial score (nSPS) is 17.3. The van der Waals surface area contributed by atoms with Crippen molar-refractivity contribution in [3.05, 3.63) is 49.0 Å². The van der Waals surface area contributed by atoms with Crippen molar-refractivity contribution in [3.63, 3.8) is 0 Å². The molecular formula is C16H19N2. The van der Waals surface area contributed by atoms with E-state index in [2.05, 4.69) is 65.7 Å². The van der Waals surface area contributed by atoms with E-state index in [0.717, 1.165) is 26.2 Å². The number of piperazine rings is 1. The number of nitrogens with zero attached hydrogens (tertiary/aromatic N) is 2. The third kappa shape index (κ3) is 2.08. The zero-order chi connectivity index (χ0) is 12.4. The Balaban J connectivity index is 1.91. The van der Waals surface area contributed by atoms with Gasteiger partial charge < -0.3 is 4.90 Å². The van der Waals surface area contributed by atoms with E-state index < -0.39 is 0 Å². The summed E-state index contributed by atoms with van der Waals surface area (Å²) in [7, 11) is 0. The van der Waals surface area contributed by atoms with Crippen molar-refractivity contribution in [1.29, 1.82) is 0 Å². The lowest BCUT2D eigenvalue weighted by atomic mass is 10.1. The van der Waals surface area contributed by atoms with Gasteiger partial charge in [0.05, 0.1) is 0 Å². The summed E-state index contributed by atoms with van der Waals surface area (Å²) in [4.78, 5) is 4.89. The fraction of sp³-hybridized carbons (Fsp3) is 0.312. The zero-order valence-corrected chi connectivity index (χ0v) is 10.8. The molecule has 93 valence electrons. The molecule has 0 amide bonds. The summed E-state index contributed by atoms with van der Waals surface area (Å²) in [6.45, 7) is 8.78. The molecule has 1 aliphatic heterocycles. The Morgan fingerprint density at radius 3 is 2.39 bits per heavy atom. The molecule has 3 rings (SSSR count). The Bertz CT molecular complexity index is 522. The van der Waals surface area contributed by atoms with E-state index in [1.54, 1.807) is 0 Å². The van der Waals surface area contributed by atoms with Gasteiger partial charge in [0.1, 0.15) is 0 Å². The van der Waals surface area contributed by atoms with Crippen molar-refractivity contribution < 1.29 is 0 Å². The highest BCUT2D eigenvalue weighted by atomic mass is 15.3. The molecule has 0 bridgehead atoms. The molecule has 1 aliphatic rings. The number of rotatable bonds is 2. The molecule has 0 atom stereocenters. The van der Waals surface area contributed by atoms with Crippen molar-refractivity contribution in [3.8, 4) is 0 Å². The molecule has 0 unspecified atom stereocenters. The Hall–Kier alpha value is -1.54. The summed E-state index contributed by atoms with van der Waals surface area (Å²) < 4.78 is 0. The summed E-state index contributed by atoms with van der Waals surface area (Å²) in [6, 6.07) is 15.2. The topological polar surface area (TPSA) is 6.48 Å². The average Bonchev–Trinajstić information content (AvgIpc) is 2.47. The molecule has 2 heteroatoms. The lowest BCUT2D eigenvalue weighted by molar-refractivity contribution is 0.315. The van der Waals surface area contributed by atoms with Crippen LogP contribution >= 0.6 is 0 Å². The molecular weight excluding hydrogens is 220 g/mol. The van der Waals surface area contributed by atoms with Crippen molar-refractivity contribution in [2.75, 3.05) is 31.1 Å². The quantitative estimate of drug-likeness (QED) is 0.794. The van der Waals surface area contributed by atoms with E-state index in [1.165, 1.54) is 16.5 Å². The maximum atomic E-state index is 2.50. The predicted octanol–water partition coefficient (Wildman–Crippen LogP) is 3.14. The monoisotopic (exact) mass is 239 g/mol. The third-order valence-electron chi connectivity index (χ3n) is 3.79. The number of anilines is 1. The Kier molecular flexibility index (Phi) is 3.20. The van der Waals surface area contributed by atoms with Crippen LogP contribution in [0.15, 0.2) is 42.5 Å². The maximum Gasteiger partial charge on any atom is 0.0446 e. The molecule has 0 aliphatic carbocycles.